The predicted octanol–water partition coefficient (Wildman–Crippen LogP) is 3.55. The van der Waals surface area contributed by atoms with Crippen molar-refractivity contribution in [2.75, 3.05) is 7.05 Å². The number of hydrogen-bond acceptors (Lipinski definition) is 2. The quantitative estimate of drug-likeness (QED) is 0.862. The van der Waals surface area contributed by atoms with E-state index in [1.807, 2.05) is 7.05 Å². The maximum absolute atomic E-state index is 11.2. The molecule has 1 N–H and O–H groups in total. The van der Waals surface area contributed by atoms with Crippen molar-refractivity contribution in [3.8, 4) is 0 Å². The monoisotopic (exact) mass is 247 g/mol. The van der Waals surface area contributed by atoms with Gasteiger partial charge in [0.05, 0.1) is 0 Å². The fourth-order valence-corrected chi connectivity index (χ4v) is 2.55. The Hall–Kier alpha value is -1.15. The summed E-state index contributed by atoms with van der Waals surface area (Å²) in [6.07, 6.45) is 1.51. The SMILES string of the molecule is CNC(CCC(C)=O)c1c(C)c(C)cc(C)c1C. The van der Waals surface area contributed by atoms with E-state index in [4.69, 9.17) is 0 Å². The van der Waals surface area contributed by atoms with Gasteiger partial charge in [-0.25, -0.2) is 0 Å². The Morgan fingerprint density at radius 1 is 1.17 bits per heavy atom. The average Bonchev–Trinajstić information content (AvgIpc) is 2.30. The van der Waals surface area contributed by atoms with E-state index in [1.54, 1.807) is 6.92 Å². The number of ketones is 1. The van der Waals surface area contributed by atoms with Crippen LogP contribution in [0.2, 0.25) is 0 Å². The van der Waals surface area contributed by atoms with E-state index in [-0.39, 0.29) is 11.8 Å². The molecule has 0 aliphatic rings. The zero-order valence-corrected chi connectivity index (χ0v) is 12.5. The second kappa shape index (κ2) is 6.14. The van der Waals surface area contributed by atoms with Crippen LogP contribution in [0.4, 0.5) is 0 Å². The summed E-state index contributed by atoms with van der Waals surface area (Å²) in [6, 6.07) is 2.51. The summed E-state index contributed by atoms with van der Waals surface area (Å²) in [5.41, 5.74) is 6.73. The van der Waals surface area contributed by atoms with Gasteiger partial charge in [-0.05, 0) is 75.9 Å². The Bertz CT molecular complexity index is 423. The molecule has 0 aliphatic heterocycles. The summed E-state index contributed by atoms with van der Waals surface area (Å²) in [4.78, 5) is 11.2. The molecule has 1 rings (SSSR count). The molecule has 1 atom stereocenters. The predicted molar refractivity (Wildman–Crippen MR) is 77.1 cm³/mol. The lowest BCUT2D eigenvalue weighted by Crippen LogP contribution is -2.20. The molecule has 18 heavy (non-hydrogen) atoms. The lowest BCUT2D eigenvalue weighted by atomic mass is 9.88. The number of Topliss-reactive ketones (excluding diaryl/α,β-unsaturated/α-hetero) is 1. The third-order valence-corrected chi connectivity index (χ3v) is 3.91. The zero-order valence-electron chi connectivity index (χ0n) is 12.5. The van der Waals surface area contributed by atoms with Crippen LogP contribution >= 0.6 is 0 Å². The maximum Gasteiger partial charge on any atom is 0.129 e. The molecule has 0 spiro atoms. The number of carbonyl (C=O) groups excluding carboxylic acids is 1. The highest BCUT2D eigenvalue weighted by molar-refractivity contribution is 5.75. The number of aryl methyl sites for hydroxylation is 2. The highest BCUT2D eigenvalue weighted by atomic mass is 16.1. The summed E-state index contributed by atoms with van der Waals surface area (Å²) in [5, 5.41) is 3.36. The van der Waals surface area contributed by atoms with Crippen molar-refractivity contribution < 1.29 is 4.79 Å². The van der Waals surface area contributed by atoms with E-state index in [1.165, 1.54) is 27.8 Å². The number of hydrogen-bond donors (Lipinski definition) is 1. The molecular weight excluding hydrogens is 222 g/mol. The minimum absolute atomic E-state index is 0.259. The molecule has 1 aromatic carbocycles. The van der Waals surface area contributed by atoms with Gasteiger partial charge in [0, 0.05) is 12.5 Å². The molecule has 2 heteroatoms. The Morgan fingerprint density at radius 2 is 1.67 bits per heavy atom. The zero-order chi connectivity index (χ0) is 13.9. The van der Waals surface area contributed by atoms with Crippen LogP contribution in [-0.4, -0.2) is 12.8 Å². The Balaban J connectivity index is 3.16. The van der Waals surface area contributed by atoms with Crippen LogP contribution in [0.5, 0.6) is 0 Å². The Labute approximate surface area is 111 Å². The molecule has 0 aromatic heterocycles. The van der Waals surface area contributed by atoms with Crippen molar-refractivity contribution >= 4 is 5.78 Å². The van der Waals surface area contributed by atoms with Crippen molar-refractivity contribution in [3.63, 3.8) is 0 Å². The summed E-state index contributed by atoms with van der Waals surface area (Å²) in [6.45, 7) is 10.3. The second-order valence-corrected chi connectivity index (χ2v) is 5.26. The molecule has 0 fully saturated rings. The summed E-state index contributed by atoms with van der Waals surface area (Å²) < 4.78 is 0. The van der Waals surface area contributed by atoms with Crippen molar-refractivity contribution in [2.45, 2.75) is 53.5 Å². The fourth-order valence-electron chi connectivity index (χ4n) is 2.55. The van der Waals surface area contributed by atoms with Crippen LogP contribution in [0.3, 0.4) is 0 Å². The second-order valence-electron chi connectivity index (χ2n) is 5.26. The fraction of sp³-hybridized carbons (Fsp3) is 0.562. The minimum atomic E-state index is 0.259. The van der Waals surface area contributed by atoms with Gasteiger partial charge in [0.1, 0.15) is 5.78 Å². The van der Waals surface area contributed by atoms with Gasteiger partial charge >= 0.3 is 0 Å². The van der Waals surface area contributed by atoms with Crippen molar-refractivity contribution in [1.29, 1.82) is 0 Å². The molecule has 1 unspecified atom stereocenters. The van der Waals surface area contributed by atoms with Crippen molar-refractivity contribution in [1.82, 2.24) is 5.32 Å². The maximum atomic E-state index is 11.2. The normalized spacial score (nSPS) is 12.6. The molecular formula is C16H25NO. The first-order chi connectivity index (χ1) is 8.38. The summed E-state index contributed by atoms with van der Waals surface area (Å²) >= 11 is 0. The topological polar surface area (TPSA) is 29.1 Å². The molecule has 2 nitrogen and oxygen atoms in total. The van der Waals surface area contributed by atoms with Gasteiger partial charge in [-0.2, -0.15) is 0 Å². The molecule has 0 heterocycles. The van der Waals surface area contributed by atoms with Crippen molar-refractivity contribution in [2.24, 2.45) is 0 Å². The van der Waals surface area contributed by atoms with Gasteiger partial charge in [-0.1, -0.05) is 6.07 Å². The van der Waals surface area contributed by atoms with Gasteiger partial charge < -0.3 is 10.1 Å². The number of benzene rings is 1. The van der Waals surface area contributed by atoms with Crippen LogP contribution in [0, 0.1) is 27.7 Å². The number of carbonyl (C=O) groups is 1. The third kappa shape index (κ3) is 3.20. The molecule has 0 radical (unpaired) electrons. The first kappa shape index (κ1) is 14.9. The van der Waals surface area contributed by atoms with Crippen LogP contribution in [0.1, 0.15) is 53.6 Å². The van der Waals surface area contributed by atoms with Gasteiger partial charge in [0.2, 0.25) is 0 Å². The van der Waals surface area contributed by atoms with E-state index < -0.39 is 0 Å². The van der Waals surface area contributed by atoms with Gasteiger partial charge in [0.15, 0.2) is 0 Å². The van der Waals surface area contributed by atoms with E-state index in [0.29, 0.717) is 6.42 Å². The van der Waals surface area contributed by atoms with Gasteiger partial charge in [-0.15, -0.1) is 0 Å². The Morgan fingerprint density at radius 3 is 2.06 bits per heavy atom. The molecule has 0 aliphatic carbocycles. The van der Waals surface area contributed by atoms with Crippen LogP contribution < -0.4 is 5.32 Å². The molecule has 0 amide bonds. The van der Waals surface area contributed by atoms with E-state index in [2.05, 4.69) is 39.1 Å². The molecule has 1 aromatic rings. The number of rotatable bonds is 5. The van der Waals surface area contributed by atoms with Crippen LogP contribution in [0.25, 0.3) is 0 Å². The first-order valence-electron chi connectivity index (χ1n) is 6.62. The van der Waals surface area contributed by atoms with Crippen LogP contribution in [0.15, 0.2) is 6.07 Å². The average molecular weight is 247 g/mol. The molecule has 0 saturated carbocycles. The third-order valence-electron chi connectivity index (χ3n) is 3.91. The largest absolute Gasteiger partial charge is 0.313 e. The van der Waals surface area contributed by atoms with Crippen molar-refractivity contribution in [3.05, 3.63) is 33.9 Å². The lowest BCUT2D eigenvalue weighted by Gasteiger charge is -2.23. The summed E-state index contributed by atoms with van der Waals surface area (Å²) in [5.74, 6) is 0.259. The smallest absolute Gasteiger partial charge is 0.129 e. The first-order valence-corrected chi connectivity index (χ1v) is 6.62. The summed E-state index contributed by atoms with van der Waals surface area (Å²) in [7, 11) is 1.97. The van der Waals surface area contributed by atoms with Crippen LogP contribution in [-0.2, 0) is 4.79 Å². The highest BCUT2D eigenvalue weighted by Gasteiger charge is 2.17. The Kier molecular flexibility index (Phi) is 5.09. The van der Waals surface area contributed by atoms with E-state index in [9.17, 15) is 4.79 Å². The molecule has 100 valence electrons. The minimum Gasteiger partial charge on any atom is -0.313 e. The lowest BCUT2D eigenvalue weighted by molar-refractivity contribution is -0.117. The molecule has 0 bridgehead atoms. The van der Waals surface area contributed by atoms with E-state index >= 15 is 0 Å². The standard InChI is InChI=1S/C16H25NO/c1-10-9-11(2)14(5)16(13(10)4)15(17-6)8-7-12(3)18/h9,15,17H,7-8H2,1-6H3. The molecule has 0 saturated heterocycles. The van der Waals surface area contributed by atoms with Gasteiger partial charge in [-0.3, -0.25) is 0 Å². The van der Waals surface area contributed by atoms with E-state index in [0.717, 1.165) is 6.42 Å². The van der Waals surface area contributed by atoms with Gasteiger partial charge in [0.25, 0.3) is 0 Å². The number of nitrogens with one attached hydrogen (secondary N) is 1. The highest BCUT2D eigenvalue weighted by Crippen LogP contribution is 2.29.